The number of benzene rings is 2. The average Bonchev–Trinajstić information content (AvgIpc) is 3.14. The van der Waals surface area contributed by atoms with Gasteiger partial charge >= 0.3 is 5.97 Å². The normalized spacial score (nSPS) is 11.2. The lowest BCUT2D eigenvalue weighted by Gasteiger charge is -2.06. The topological polar surface area (TPSA) is 77.1 Å². The van der Waals surface area contributed by atoms with Crippen LogP contribution in [0, 0.1) is 11.3 Å². The highest BCUT2D eigenvalue weighted by atomic mass is 16.5. The highest BCUT2D eigenvalue weighted by molar-refractivity contribution is 5.98. The standard InChI is InChI=1S/C24H23N3O3/c1-17(2)30-24(28)20(14-25)12-21-16-27(15-18-8-5-4-6-9-18)26-23(21)19-10-7-11-22(13-19)29-3/h4-13,16-17H,15H2,1-3H3/b20-12+. The number of aromatic nitrogens is 2. The van der Waals surface area contributed by atoms with Crippen LogP contribution in [0.2, 0.25) is 0 Å². The minimum absolute atomic E-state index is 0.0768. The maximum Gasteiger partial charge on any atom is 0.349 e. The number of nitrogens with zero attached hydrogens (tertiary/aromatic N) is 3. The molecule has 0 fully saturated rings. The molecule has 0 aliphatic carbocycles. The second kappa shape index (κ2) is 9.57. The summed E-state index contributed by atoms with van der Waals surface area (Å²) < 4.78 is 12.3. The maximum atomic E-state index is 12.3. The zero-order valence-corrected chi connectivity index (χ0v) is 17.2. The number of ether oxygens (including phenoxy) is 2. The summed E-state index contributed by atoms with van der Waals surface area (Å²) in [5, 5.41) is 14.2. The van der Waals surface area contributed by atoms with Gasteiger partial charge in [0.15, 0.2) is 0 Å². The number of methoxy groups -OCH3 is 1. The molecule has 0 atom stereocenters. The molecule has 0 saturated heterocycles. The number of hydrogen-bond acceptors (Lipinski definition) is 5. The Labute approximate surface area is 176 Å². The first-order valence-electron chi connectivity index (χ1n) is 9.58. The van der Waals surface area contributed by atoms with Crippen LogP contribution in [0.15, 0.2) is 66.4 Å². The van der Waals surface area contributed by atoms with Crippen LogP contribution in [-0.4, -0.2) is 29.0 Å². The Morgan fingerprint density at radius 3 is 2.63 bits per heavy atom. The summed E-state index contributed by atoms with van der Waals surface area (Å²) in [7, 11) is 1.60. The van der Waals surface area contributed by atoms with E-state index in [4.69, 9.17) is 14.6 Å². The zero-order valence-electron chi connectivity index (χ0n) is 17.2. The summed E-state index contributed by atoms with van der Waals surface area (Å²) in [5.74, 6) is 0.0414. The van der Waals surface area contributed by atoms with Gasteiger partial charge in [0.2, 0.25) is 0 Å². The molecule has 0 bridgehead atoms. The fourth-order valence-electron chi connectivity index (χ4n) is 2.96. The second-order valence-corrected chi connectivity index (χ2v) is 6.97. The fraction of sp³-hybridized carbons (Fsp3) is 0.208. The van der Waals surface area contributed by atoms with Crippen LogP contribution in [0.4, 0.5) is 0 Å². The summed E-state index contributed by atoms with van der Waals surface area (Å²) in [5.41, 5.74) is 3.13. The van der Waals surface area contributed by atoms with Crippen molar-refractivity contribution in [2.75, 3.05) is 7.11 Å². The average molecular weight is 401 g/mol. The van der Waals surface area contributed by atoms with Gasteiger partial charge in [-0.3, -0.25) is 4.68 Å². The van der Waals surface area contributed by atoms with Crippen molar-refractivity contribution in [2.45, 2.75) is 26.5 Å². The molecule has 30 heavy (non-hydrogen) atoms. The van der Waals surface area contributed by atoms with Crippen molar-refractivity contribution < 1.29 is 14.3 Å². The van der Waals surface area contributed by atoms with Gasteiger partial charge in [-0.15, -0.1) is 0 Å². The zero-order chi connectivity index (χ0) is 21.5. The van der Waals surface area contributed by atoms with Crippen LogP contribution in [0.3, 0.4) is 0 Å². The third-order valence-corrected chi connectivity index (χ3v) is 4.30. The minimum atomic E-state index is -0.653. The smallest absolute Gasteiger partial charge is 0.349 e. The van der Waals surface area contributed by atoms with Crippen molar-refractivity contribution in [3.63, 3.8) is 0 Å². The summed E-state index contributed by atoms with van der Waals surface area (Å²) in [6, 6.07) is 19.4. The molecule has 1 heterocycles. The molecule has 0 spiro atoms. The number of rotatable bonds is 7. The Morgan fingerprint density at radius 1 is 1.20 bits per heavy atom. The summed E-state index contributed by atoms with van der Waals surface area (Å²) in [6.07, 6.45) is 3.03. The summed E-state index contributed by atoms with van der Waals surface area (Å²) >= 11 is 0. The van der Waals surface area contributed by atoms with E-state index in [1.807, 2.05) is 66.9 Å². The predicted molar refractivity (Wildman–Crippen MR) is 115 cm³/mol. The predicted octanol–water partition coefficient (Wildman–Crippen LogP) is 4.47. The van der Waals surface area contributed by atoms with Crippen molar-refractivity contribution in [3.05, 3.63) is 77.5 Å². The van der Waals surface area contributed by atoms with E-state index in [-0.39, 0.29) is 11.7 Å². The van der Waals surface area contributed by atoms with Crippen LogP contribution in [0.1, 0.15) is 25.0 Å². The number of nitriles is 1. The first-order chi connectivity index (χ1) is 14.5. The third kappa shape index (κ3) is 5.15. The number of esters is 1. The molecular formula is C24H23N3O3. The van der Waals surface area contributed by atoms with E-state index < -0.39 is 5.97 Å². The van der Waals surface area contributed by atoms with Crippen LogP contribution in [-0.2, 0) is 16.1 Å². The Kier molecular flexibility index (Phi) is 6.66. The molecule has 2 aromatic carbocycles. The Hall–Kier alpha value is -3.85. The lowest BCUT2D eigenvalue weighted by Crippen LogP contribution is -2.12. The van der Waals surface area contributed by atoms with Crippen LogP contribution >= 0.6 is 0 Å². The molecule has 0 aliphatic rings. The van der Waals surface area contributed by atoms with Crippen molar-refractivity contribution >= 4 is 12.0 Å². The van der Waals surface area contributed by atoms with Gasteiger partial charge in [-0.25, -0.2) is 4.79 Å². The van der Waals surface area contributed by atoms with Crippen LogP contribution in [0.25, 0.3) is 17.3 Å². The molecular weight excluding hydrogens is 378 g/mol. The summed E-state index contributed by atoms with van der Waals surface area (Å²) in [4.78, 5) is 12.3. The van der Waals surface area contributed by atoms with Crippen molar-refractivity contribution in [1.82, 2.24) is 9.78 Å². The Bertz CT molecular complexity index is 1090. The molecule has 1 aromatic heterocycles. The van der Waals surface area contributed by atoms with Gasteiger partial charge in [0.25, 0.3) is 0 Å². The van der Waals surface area contributed by atoms with E-state index in [2.05, 4.69) is 0 Å². The van der Waals surface area contributed by atoms with Crippen molar-refractivity contribution in [1.29, 1.82) is 5.26 Å². The number of hydrogen-bond donors (Lipinski definition) is 0. The van der Waals surface area contributed by atoms with E-state index in [1.165, 1.54) is 6.08 Å². The number of carbonyl (C=O) groups is 1. The quantitative estimate of drug-likeness (QED) is 0.332. The molecule has 6 heteroatoms. The largest absolute Gasteiger partial charge is 0.497 e. The summed E-state index contributed by atoms with van der Waals surface area (Å²) in [6.45, 7) is 4.04. The molecule has 0 N–H and O–H groups in total. The lowest BCUT2D eigenvalue weighted by atomic mass is 10.1. The van der Waals surface area contributed by atoms with Gasteiger partial charge < -0.3 is 9.47 Å². The van der Waals surface area contributed by atoms with E-state index in [9.17, 15) is 10.1 Å². The van der Waals surface area contributed by atoms with E-state index in [1.54, 1.807) is 25.6 Å². The van der Waals surface area contributed by atoms with Gasteiger partial charge in [0.1, 0.15) is 17.4 Å². The number of carbonyl (C=O) groups excluding carboxylic acids is 1. The molecule has 152 valence electrons. The minimum Gasteiger partial charge on any atom is -0.497 e. The monoisotopic (exact) mass is 401 g/mol. The molecule has 0 amide bonds. The molecule has 0 unspecified atom stereocenters. The molecule has 0 aliphatic heterocycles. The van der Waals surface area contributed by atoms with Gasteiger partial charge in [-0.1, -0.05) is 42.5 Å². The lowest BCUT2D eigenvalue weighted by molar-refractivity contribution is -0.142. The Balaban J connectivity index is 2.06. The first kappa shape index (κ1) is 20.9. The first-order valence-corrected chi connectivity index (χ1v) is 9.58. The highest BCUT2D eigenvalue weighted by Gasteiger charge is 2.17. The molecule has 6 nitrogen and oxygen atoms in total. The Morgan fingerprint density at radius 2 is 1.97 bits per heavy atom. The van der Waals surface area contributed by atoms with E-state index in [0.717, 1.165) is 11.1 Å². The second-order valence-electron chi connectivity index (χ2n) is 6.97. The molecule has 0 saturated carbocycles. The van der Waals surface area contributed by atoms with Crippen LogP contribution < -0.4 is 4.74 Å². The SMILES string of the molecule is COc1cccc(-c2nn(Cc3ccccc3)cc2/C=C(\C#N)C(=O)OC(C)C)c1. The molecule has 0 radical (unpaired) electrons. The highest BCUT2D eigenvalue weighted by Crippen LogP contribution is 2.28. The molecule has 3 aromatic rings. The van der Waals surface area contributed by atoms with Gasteiger partial charge in [0.05, 0.1) is 25.5 Å². The van der Waals surface area contributed by atoms with E-state index in [0.29, 0.717) is 23.6 Å². The van der Waals surface area contributed by atoms with Crippen molar-refractivity contribution in [3.8, 4) is 23.1 Å². The molecule has 3 rings (SSSR count). The van der Waals surface area contributed by atoms with E-state index >= 15 is 0 Å². The van der Waals surface area contributed by atoms with Crippen LogP contribution in [0.5, 0.6) is 5.75 Å². The van der Waals surface area contributed by atoms with Gasteiger partial charge in [0, 0.05) is 17.3 Å². The third-order valence-electron chi connectivity index (χ3n) is 4.30. The fourth-order valence-corrected chi connectivity index (χ4v) is 2.96. The van der Waals surface area contributed by atoms with Crippen molar-refractivity contribution in [2.24, 2.45) is 0 Å². The maximum absolute atomic E-state index is 12.3. The van der Waals surface area contributed by atoms with Gasteiger partial charge in [-0.05, 0) is 37.6 Å². The van der Waals surface area contributed by atoms with Gasteiger partial charge in [-0.2, -0.15) is 10.4 Å².